The number of benzene rings is 1. The van der Waals surface area contributed by atoms with Gasteiger partial charge in [0.1, 0.15) is 0 Å². The minimum atomic E-state index is 0.0256. The first kappa shape index (κ1) is 12.9. The number of nitrogens with one attached hydrogen (secondary N) is 1. The molecule has 3 nitrogen and oxygen atoms in total. The smallest absolute Gasteiger partial charge is 0.251 e. The van der Waals surface area contributed by atoms with Crippen molar-refractivity contribution in [1.82, 2.24) is 5.32 Å². The van der Waals surface area contributed by atoms with Gasteiger partial charge >= 0.3 is 0 Å². The minimum Gasteiger partial charge on any atom is -0.399 e. The van der Waals surface area contributed by atoms with Crippen LogP contribution in [-0.2, 0) is 0 Å². The van der Waals surface area contributed by atoms with Crippen LogP contribution in [0.5, 0.6) is 0 Å². The Hall–Kier alpha value is -1.51. The van der Waals surface area contributed by atoms with Gasteiger partial charge in [0, 0.05) is 17.3 Å². The first-order valence-corrected chi connectivity index (χ1v) is 6.73. The molecular formula is C15H22N2O. The summed E-state index contributed by atoms with van der Waals surface area (Å²) in [6, 6.07) is 5.79. The fraction of sp³-hybridized carbons (Fsp3) is 0.533. The summed E-state index contributed by atoms with van der Waals surface area (Å²) in [4.78, 5) is 12.1. The zero-order chi connectivity index (χ0) is 13.1. The van der Waals surface area contributed by atoms with E-state index < -0.39 is 0 Å². The highest BCUT2D eigenvalue weighted by atomic mass is 16.1. The zero-order valence-electron chi connectivity index (χ0n) is 11.2. The topological polar surface area (TPSA) is 55.1 Å². The van der Waals surface area contributed by atoms with E-state index in [0.29, 0.717) is 11.6 Å². The Morgan fingerprint density at radius 1 is 1.28 bits per heavy atom. The molecule has 1 aliphatic carbocycles. The summed E-state index contributed by atoms with van der Waals surface area (Å²) in [6.07, 6.45) is 4.62. The number of carbonyl (C=O) groups excluding carboxylic acids is 1. The van der Waals surface area contributed by atoms with Crippen molar-refractivity contribution in [3.63, 3.8) is 0 Å². The average Bonchev–Trinajstić information content (AvgIpc) is 2.35. The van der Waals surface area contributed by atoms with Crippen LogP contribution >= 0.6 is 0 Å². The SMILES string of the molecule is Cc1cc(C(=O)NC2CCC(C)CC2)ccc1N. The second-order valence-electron chi connectivity index (χ2n) is 5.50. The molecule has 1 aromatic carbocycles. The molecule has 0 spiro atoms. The Morgan fingerprint density at radius 3 is 2.56 bits per heavy atom. The minimum absolute atomic E-state index is 0.0256. The van der Waals surface area contributed by atoms with E-state index in [1.54, 1.807) is 12.1 Å². The zero-order valence-corrected chi connectivity index (χ0v) is 11.2. The molecule has 3 N–H and O–H groups in total. The molecule has 0 aliphatic heterocycles. The fourth-order valence-electron chi connectivity index (χ4n) is 2.49. The van der Waals surface area contributed by atoms with Crippen molar-refractivity contribution in [1.29, 1.82) is 0 Å². The van der Waals surface area contributed by atoms with Gasteiger partial charge in [-0.05, 0) is 62.3 Å². The predicted octanol–water partition coefficient (Wildman–Crippen LogP) is 2.89. The molecular weight excluding hydrogens is 224 g/mol. The van der Waals surface area contributed by atoms with E-state index >= 15 is 0 Å². The maximum absolute atomic E-state index is 12.1. The monoisotopic (exact) mass is 246 g/mol. The standard InChI is InChI=1S/C15H22N2O/c1-10-3-6-13(7-4-10)17-15(18)12-5-8-14(16)11(2)9-12/h5,8-10,13H,3-4,6-7,16H2,1-2H3,(H,17,18). The summed E-state index contributed by atoms with van der Waals surface area (Å²) in [5.41, 5.74) is 8.16. The van der Waals surface area contributed by atoms with Crippen LogP contribution in [0.4, 0.5) is 5.69 Å². The molecule has 0 saturated heterocycles. The Morgan fingerprint density at radius 2 is 1.94 bits per heavy atom. The van der Waals surface area contributed by atoms with Gasteiger partial charge in [-0.3, -0.25) is 4.79 Å². The van der Waals surface area contributed by atoms with Gasteiger partial charge in [-0.15, -0.1) is 0 Å². The Kier molecular flexibility index (Phi) is 3.90. The third-order valence-electron chi connectivity index (χ3n) is 3.88. The molecule has 0 aromatic heterocycles. The van der Waals surface area contributed by atoms with Gasteiger partial charge in [0.25, 0.3) is 5.91 Å². The van der Waals surface area contributed by atoms with E-state index in [1.165, 1.54) is 12.8 Å². The highest BCUT2D eigenvalue weighted by molar-refractivity contribution is 5.95. The van der Waals surface area contributed by atoms with Crippen molar-refractivity contribution < 1.29 is 4.79 Å². The second kappa shape index (κ2) is 5.42. The maximum atomic E-state index is 12.1. The lowest BCUT2D eigenvalue weighted by Crippen LogP contribution is -2.37. The van der Waals surface area contributed by atoms with Crippen LogP contribution in [0.15, 0.2) is 18.2 Å². The lowest BCUT2D eigenvalue weighted by molar-refractivity contribution is 0.0923. The first-order valence-electron chi connectivity index (χ1n) is 6.73. The number of aryl methyl sites for hydroxylation is 1. The van der Waals surface area contributed by atoms with Gasteiger partial charge in [-0.1, -0.05) is 6.92 Å². The molecule has 0 atom stereocenters. The molecule has 0 bridgehead atoms. The number of carbonyl (C=O) groups is 1. The highest BCUT2D eigenvalue weighted by Gasteiger charge is 2.20. The molecule has 1 fully saturated rings. The number of amides is 1. The van der Waals surface area contributed by atoms with Crippen LogP contribution in [0.1, 0.15) is 48.5 Å². The van der Waals surface area contributed by atoms with E-state index in [9.17, 15) is 4.79 Å². The van der Waals surface area contributed by atoms with Crippen LogP contribution in [0.25, 0.3) is 0 Å². The lowest BCUT2D eigenvalue weighted by atomic mass is 9.87. The first-order chi connectivity index (χ1) is 8.56. The largest absolute Gasteiger partial charge is 0.399 e. The number of nitrogen functional groups attached to an aromatic ring is 1. The van der Waals surface area contributed by atoms with Crippen molar-refractivity contribution in [2.75, 3.05) is 5.73 Å². The summed E-state index contributed by atoms with van der Waals surface area (Å²) < 4.78 is 0. The number of hydrogen-bond acceptors (Lipinski definition) is 2. The van der Waals surface area contributed by atoms with Crippen molar-refractivity contribution in [2.45, 2.75) is 45.6 Å². The molecule has 0 heterocycles. The molecule has 18 heavy (non-hydrogen) atoms. The van der Waals surface area contributed by atoms with Gasteiger partial charge in [0.2, 0.25) is 0 Å². The number of nitrogens with two attached hydrogens (primary N) is 1. The average molecular weight is 246 g/mol. The van der Waals surface area contributed by atoms with Gasteiger partial charge in [0.05, 0.1) is 0 Å². The number of anilines is 1. The van der Waals surface area contributed by atoms with Crippen LogP contribution < -0.4 is 11.1 Å². The van der Waals surface area contributed by atoms with Gasteiger partial charge in [-0.2, -0.15) is 0 Å². The van der Waals surface area contributed by atoms with Crippen LogP contribution in [0.2, 0.25) is 0 Å². The summed E-state index contributed by atoms with van der Waals surface area (Å²) in [6.45, 7) is 4.20. The second-order valence-corrected chi connectivity index (χ2v) is 5.50. The lowest BCUT2D eigenvalue weighted by Gasteiger charge is -2.27. The van der Waals surface area contributed by atoms with E-state index in [2.05, 4.69) is 12.2 Å². The quantitative estimate of drug-likeness (QED) is 0.788. The van der Waals surface area contributed by atoms with Crippen LogP contribution in [0, 0.1) is 12.8 Å². The summed E-state index contributed by atoms with van der Waals surface area (Å²) in [5, 5.41) is 3.12. The summed E-state index contributed by atoms with van der Waals surface area (Å²) in [5.74, 6) is 0.828. The van der Waals surface area contributed by atoms with Crippen molar-refractivity contribution in [3.8, 4) is 0 Å². The molecule has 1 saturated carbocycles. The van der Waals surface area contributed by atoms with E-state index in [4.69, 9.17) is 5.73 Å². The molecule has 0 unspecified atom stereocenters. The van der Waals surface area contributed by atoms with E-state index in [1.807, 2.05) is 13.0 Å². The molecule has 1 amide bonds. The van der Waals surface area contributed by atoms with E-state index in [0.717, 1.165) is 30.0 Å². The predicted molar refractivity (Wildman–Crippen MR) is 74.5 cm³/mol. The van der Waals surface area contributed by atoms with Crippen molar-refractivity contribution in [3.05, 3.63) is 29.3 Å². The molecule has 98 valence electrons. The highest BCUT2D eigenvalue weighted by Crippen LogP contribution is 2.23. The third-order valence-corrected chi connectivity index (χ3v) is 3.88. The molecule has 2 rings (SSSR count). The van der Waals surface area contributed by atoms with Crippen LogP contribution in [-0.4, -0.2) is 11.9 Å². The Bertz CT molecular complexity index is 434. The van der Waals surface area contributed by atoms with Gasteiger partial charge < -0.3 is 11.1 Å². The van der Waals surface area contributed by atoms with Gasteiger partial charge in [-0.25, -0.2) is 0 Å². The van der Waals surface area contributed by atoms with Gasteiger partial charge in [0.15, 0.2) is 0 Å². The van der Waals surface area contributed by atoms with Crippen molar-refractivity contribution in [2.24, 2.45) is 5.92 Å². The van der Waals surface area contributed by atoms with Crippen molar-refractivity contribution >= 4 is 11.6 Å². The normalized spacial score (nSPS) is 23.7. The maximum Gasteiger partial charge on any atom is 0.251 e. The summed E-state index contributed by atoms with van der Waals surface area (Å²) in [7, 11) is 0. The van der Waals surface area contributed by atoms with E-state index in [-0.39, 0.29) is 5.91 Å². The Labute approximate surface area is 109 Å². The number of rotatable bonds is 2. The van der Waals surface area contributed by atoms with Crippen LogP contribution in [0.3, 0.4) is 0 Å². The molecule has 3 heteroatoms. The molecule has 1 aliphatic rings. The summed E-state index contributed by atoms with van der Waals surface area (Å²) >= 11 is 0. The number of hydrogen-bond donors (Lipinski definition) is 2. The molecule has 0 radical (unpaired) electrons. The Balaban J connectivity index is 1.97. The fourth-order valence-corrected chi connectivity index (χ4v) is 2.49. The molecule has 1 aromatic rings. The third kappa shape index (κ3) is 3.03.